The van der Waals surface area contributed by atoms with Gasteiger partial charge in [-0.05, 0) is 18.6 Å². The molecule has 82 valence electrons. The van der Waals surface area contributed by atoms with Gasteiger partial charge in [-0.3, -0.25) is 0 Å². The molecule has 0 saturated carbocycles. The van der Waals surface area contributed by atoms with E-state index in [1.807, 2.05) is 0 Å². The first-order valence-corrected chi connectivity index (χ1v) is 5.51. The molecule has 0 bridgehead atoms. The monoisotopic (exact) mass is 246 g/mol. The van der Waals surface area contributed by atoms with E-state index in [0.29, 0.717) is 16.9 Å². The molecule has 1 aromatic heterocycles. The van der Waals surface area contributed by atoms with Crippen LogP contribution in [0.5, 0.6) is 0 Å². The Morgan fingerprint density at radius 3 is 2.80 bits per heavy atom. The zero-order chi connectivity index (χ0) is 10.8. The average molecular weight is 247 g/mol. The van der Waals surface area contributed by atoms with Crippen LogP contribution in [0.25, 0.3) is 0 Å². The number of nitrogens with one attached hydrogen (secondary N) is 1. The highest BCUT2D eigenvalue weighted by Gasteiger charge is 2.22. The lowest BCUT2D eigenvalue weighted by atomic mass is 10.0. The second-order valence-corrected chi connectivity index (χ2v) is 4.54. The third kappa shape index (κ3) is 2.93. The third-order valence-electron chi connectivity index (χ3n) is 2.38. The molecule has 1 N–H and O–H groups in total. The first kappa shape index (κ1) is 10.9. The van der Waals surface area contributed by atoms with Gasteiger partial charge in [-0.15, -0.1) is 0 Å². The van der Waals surface area contributed by atoms with E-state index >= 15 is 0 Å². The van der Waals surface area contributed by atoms with E-state index in [0.717, 1.165) is 19.6 Å². The van der Waals surface area contributed by atoms with E-state index in [9.17, 15) is 0 Å². The summed E-state index contributed by atoms with van der Waals surface area (Å²) in [6.45, 7) is 3.15. The minimum atomic E-state index is 0.177. The van der Waals surface area contributed by atoms with Gasteiger partial charge in [0.2, 0.25) is 5.28 Å². The van der Waals surface area contributed by atoms with Crippen LogP contribution in [0, 0.1) is 5.92 Å². The standard InChI is InChI=1S/C9H12Cl2N4/c1-15-4-6(5-15)3-12-8-2-7(10)13-9(11)14-8/h2,6H,3-5H2,1H3,(H,12,13,14). The molecule has 0 spiro atoms. The van der Waals surface area contributed by atoms with Crippen LogP contribution in [0.3, 0.4) is 0 Å². The largest absolute Gasteiger partial charge is 0.370 e. The van der Waals surface area contributed by atoms with E-state index in [4.69, 9.17) is 23.2 Å². The zero-order valence-corrected chi connectivity index (χ0v) is 9.89. The maximum absolute atomic E-state index is 5.75. The fourth-order valence-electron chi connectivity index (χ4n) is 1.69. The molecule has 0 aliphatic carbocycles. The molecule has 4 nitrogen and oxygen atoms in total. The number of halogens is 2. The highest BCUT2D eigenvalue weighted by Crippen LogP contribution is 2.17. The predicted octanol–water partition coefficient (Wildman–Crippen LogP) is 1.76. The summed E-state index contributed by atoms with van der Waals surface area (Å²) in [7, 11) is 2.11. The van der Waals surface area contributed by atoms with Crippen molar-refractivity contribution in [3.05, 3.63) is 16.5 Å². The Hall–Kier alpha value is -0.580. The van der Waals surface area contributed by atoms with Crippen molar-refractivity contribution in [1.82, 2.24) is 14.9 Å². The molecule has 2 rings (SSSR count). The van der Waals surface area contributed by atoms with Crippen LogP contribution in [-0.2, 0) is 0 Å². The zero-order valence-electron chi connectivity index (χ0n) is 8.37. The molecular formula is C9H12Cl2N4. The van der Waals surface area contributed by atoms with Gasteiger partial charge in [-0.1, -0.05) is 11.6 Å². The lowest BCUT2D eigenvalue weighted by Crippen LogP contribution is -2.46. The molecule has 6 heteroatoms. The van der Waals surface area contributed by atoms with Crippen LogP contribution in [0.1, 0.15) is 0 Å². The van der Waals surface area contributed by atoms with Gasteiger partial charge in [0.15, 0.2) is 0 Å². The first-order chi connectivity index (χ1) is 7.13. The molecule has 1 aliphatic rings. The summed E-state index contributed by atoms with van der Waals surface area (Å²) >= 11 is 11.4. The lowest BCUT2D eigenvalue weighted by Gasteiger charge is -2.36. The molecule has 1 saturated heterocycles. The van der Waals surface area contributed by atoms with E-state index in [-0.39, 0.29) is 5.28 Å². The Balaban J connectivity index is 1.88. The van der Waals surface area contributed by atoms with E-state index in [1.54, 1.807) is 6.07 Å². The molecule has 0 aromatic carbocycles. The molecule has 0 amide bonds. The molecule has 2 heterocycles. The molecule has 1 aliphatic heterocycles. The van der Waals surface area contributed by atoms with Crippen molar-refractivity contribution in [3.8, 4) is 0 Å². The third-order valence-corrected chi connectivity index (χ3v) is 2.74. The van der Waals surface area contributed by atoms with Crippen LogP contribution in [0.4, 0.5) is 5.82 Å². The van der Waals surface area contributed by atoms with Crippen LogP contribution in [-0.4, -0.2) is 41.5 Å². The van der Waals surface area contributed by atoms with Crippen LogP contribution >= 0.6 is 23.2 Å². The fraction of sp³-hybridized carbons (Fsp3) is 0.556. The van der Waals surface area contributed by atoms with Gasteiger partial charge in [-0.25, -0.2) is 9.97 Å². The topological polar surface area (TPSA) is 41.0 Å². The highest BCUT2D eigenvalue weighted by molar-refractivity contribution is 6.32. The van der Waals surface area contributed by atoms with Gasteiger partial charge in [0.1, 0.15) is 11.0 Å². The van der Waals surface area contributed by atoms with Crippen molar-refractivity contribution in [3.63, 3.8) is 0 Å². The normalized spacial score (nSPS) is 17.5. The van der Waals surface area contributed by atoms with Crippen molar-refractivity contribution in [2.75, 3.05) is 32.0 Å². The minimum absolute atomic E-state index is 0.177. The van der Waals surface area contributed by atoms with E-state index < -0.39 is 0 Å². The van der Waals surface area contributed by atoms with Crippen LogP contribution in [0.2, 0.25) is 10.4 Å². The predicted molar refractivity (Wildman–Crippen MR) is 61.5 cm³/mol. The number of hydrogen-bond donors (Lipinski definition) is 1. The molecule has 1 aromatic rings. The molecule has 0 unspecified atom stereocenters. The summed E-state index contributed by atoms with van der Waals surface area (Å²) in [5.74, 6) is 1.37. The van der Waals surface area contributed by atoms with Gasteiger partial charge in [-0.2, -0.15) is 0 Å². The fourth-order valence-corrected chi connectivity index (χ4v) is 2.10. The van der Waals surface area contributed by atoms with E-state index in [2.05, 4.69) is 27.2 Å². The summed E-state index contributed by atoms with van der Waals surface area (Å²) in [5, 5.41) is 3.74. The quantitative estimate of drug-likeness (QED) is 0.652. The van der Waals surface area contributed by atoms with Crippen LogP contribution < -0.4 is 5.32 Å². The molecule has 15 heavy (non-hydrogen) atoms. The Kier molecular flexibility index (Phi) is 3.29. The lowest BCUT2D eigenvalue weighted by molar-refractivity contribution is 0.144. The minimum Gasteiger partial charge on any atom is -0.370 e. The number of aromatic nitrogens is 2. The number of likely N-dealkylation sites (tertiary alicyclic amines) is 1. The summed E-state index contributed by atoms with van der Waals surface area (Å²) in [4.78, 5) is 10.1. The van der Waals surface area contributed by atoms with Gasteiger partial charge in [0.05, 0.1) is 0 Å². The first-order valence-electron chi connectivity index (χ1n) is 4.76. The average Bonchev–Trinajstić information content (AvgIpc) is 2.09. The second kappa shape index (κ2) is 4.51. The molecular weight excluding hydrogens is 235 g/mol. The van der Waals surface area contributed by atoms with Crippen molar-refractivity contribution in [1.29, 1.82) is 0 Å². The molecule has 0 atom stereocenters. The summed E-state index contributed by atoms with van der Waals surface area (Å²) in [5.41, 5.74) is 0. The second-order valence-electron chi connectivity index (χ2n) is 3.81. The Morgan fingerprint density at radius 1 is 1.47 bits per heavy atom. The van der Waals surface area contributed by atoms with Crippen molar-refractivity contribution < 1.29 is 0 Å². The number of hydrogen-bond acceptors (Lipinski definition) is 4. The maximum atomic E-state index is 5.75. The van der Waals surface area contributed by atoms with Gasteiger partial charge in [0, 0.05) is 31.6 Å². The van der Waals surface area contributed by atoms with Crippen molar-refractivity contribution >= 4 is 29.0 Å². The smallest absolute Gasteiger partial charge is 0.225 e. The van der Waals surface area contributed by atoms with E-state index in [1.165, 1.54) is 0 Å². The highest BCUT2D eigenvalue weighted by atomic mass is 35.5. The summed E-state index contributed by atoms with van der Waals surface area (Å²) in [6.07, 6.45) is 0. The Morgan fingerprint density at radius 2 is 2.20 bits per heavy atom. The summed E-state index contributed by atoms with van der Waals surface area (Å²) in [6, 6.07) is 1.68. The van der Waals surface area contributed by atoms with Crippen LogP contribution in [0.15, 0.2) is 6.07 Å². The maximum Gasteiger partial charge on any atom is 0.225 e. The number of rotatable bonds is 3. The number of anilines is 1. The van der Waals surface area contributed by atoms with Gasteiger partial charge >= 0.3 is 0 Å². The number of nitrogens with zero attached hydrogens (tertiary/aromatic N) is 3. The Bertz CT molecular complexity index is 332. The van der Waals surface area contributed by atoms with Gasteiger partial charge < -0.3 is 10.2 Å². The van der Waals surface area contributed by atoms with Crippen molar-refractivity contribution in [2.45, 2.75) is 0 Å². The molecule has 1 fully saturated rings. The SMILES string of the molecule is CN1CC(CNc2cc(Cl)nc(Cl)n2)C1. The molecule has 0 radical (unpaired) electrons. The van der Waals surface area contributed by atoms with Gasteiger partial charge in [0.25, 0.3) is 0 Å². The Labute approximate surface area is 98.6 Å². The van der Waals surface area contributed by atoms with Crippen molar-refractivity contribution in [2.24, 2.45) is 5.92 Å². The summed E-state index contributed by atoms with van der Waals surface area (Å²) < 4.78 is 0.